The van der Waals surface area contributed by atoms with E-state index in [1.54, 1.807) is 0 Å². The number of hydrogen-bond donors (Lipinski definition) is 1. The van der Waals surface area contributed by atoms with Crippen LogP contribution in [0.1, 0.15) is 0 Å². The minimum Gasteiger partial charge on any atom is -0.242 e. The summed E-state index contributed by atoms with van der Waals surface area (Å²) in [6, 6.07) is 0. The normalized spacial score (nSPS) is 16.4. The molecule has 1 rings (SSSR count). The van der Waals surface area contributed by atoms with Gasteiger partial charge in [-0.25, -0.2) is 23.6 Å². The monoisotopic (exact) mass is 187 g/mol. The van der Waals surface area contributed by atoms with E-state index in [1.807, 2.05) is 17.3 Å². The van der Waals surface area contributed by atoms with Crippen molar-refractivity contribution in [2.24, 2.45) is 0 Å². The van der Waals surface area contributed by atoms with Crippen molar-refractivity contribution < 1.29 is 33.9 Å². The van der Waals surface area contributed by atoms with Gasteiger partial charge in [0, 0.05) is 0 Å². The highest BCUT2D eigenvalue weighted by molar-refractivity contribution is 8.12. The van der Waals surface area contributed by atoms with E-state index in [4.69, 9.17) is 18.6 Å². The molecule has 1 heterocycles. The molecule has 10 heavy (non-hydrogen) atoms. The summed E-state index contributed by atoms with van der Waals surface area (Å²) in [5, 5.41) is 0. The zero-order valence-electron chi connectivity index (χ0n) is 4.91. The zero-order valence-corrected chi connectivity index (χ0v) is 6.48. The second-order valence-electron chi connectivity index (χ2n) is 1.32. The molecular weight excluding hydrogens is 182 g/mol. The molecule has 0 unspecified atom stereocenters. The Morgan fingerprint density at radius 3 is 1.90 bits per heavy atom. The molecule has 0 spiro atoms. The zero-order chi connectivity index (χ0) is 8.04. The molecule has 0 saturated heterocycles. The van der Waals surface area contributed by atoms with Crippen LogP contribution in [0, 0.1) is 10.2 Å². The molecule has 0 radical (unpaired) electrons. The fourth-order valence-electron chi connectivity index (χ4n) is 0.295. The lowest BCUT2D eigenvalue weighted by Gasteiger charge is -2.17. The number of thioether (sulfide) groups is 1. The van der Waals surface area contributed by atoms with E-state index in [0.717, 1.165) is 6.54 Å². The molecule has 0 aliphatic carbocycles. The summed E-state index contributed by atoms with van der Waals surface area (Å²) in [5.41, 5.74) is 2.03. The molecule has 0 saturated carbocycles. The van der Waals surface area contributed by atoms with E-state index < -0.39 is 10.2 Å². The van der Waals surface area contributed by atoms with Gasteiger partial charge in [0.05, 0.1) is 5.75 Å². The first kappa shape index (κ1) is 10.2. The van der Waals surface area contributed by atoms with Gasteiger partial charge < -0.3 is 0 Å². The van der Waals surface area contributed by atoms with Gasteiger partial charge in [0.2, 0.25) is 0 Å². The maximum Gasteiger partial charge on any atom is 0.196 e. The van der Waals surface area contributed by atoms with Crippen LogP contribution in [0.5, 0.6) is 0 Å². The van der Waals surface area contributed by atoms with Crippen LogP contribution in [-0.2, 0) is 0 Å². The molecule has 0 aromatic carbocycles. The predicted octanol–water partition coefficient (Wildman–Crippen LogP) is -5.91. The van der Waals surface area contributed by atoms with Crippen molar-refractivity contribution >= 4 is 17.3 Å². The SMILES string of the molecule is C1=[NH+]CCS1.[O-][Cl+3]([O-])([O-])[O-]. The quantitative estimate of drug-likeness (QED) is 0.407. The summed E-state index contributed by atoms with van der Waals surface area (Å²) in [6.45, 7) is 1.16. The van der Waals surface area contributed by atoms with Gasteiger partial charge in [-0.3, -0.25) is 0 Å². The van der Waals surface area contributed by atoms with Crippen LogP contribution >= 0.6 is 11.8 Å². The van der Waals surface area contributed by atoms with Crippen molar-refractivity contribution in [3.8, 4) is 0 Å². The van der Waals surface area contributed by atoms with Crippen LogP contribution in [0.15, 0.2) is 0 Å². The molecular formula is C3H6ClNO4S. The van der Waals surface area contributed by atoms with Crippen molar-refractivity contribution in [2.45, 2.75) is 0 Å². The van der Waals surface area contributed by atoms with E-state index >= 15 is 0 Å². The molecule has 0 bridgehead atoms. The van der Waals surface area contributed by atoms with Gasteiger partial charge in [0.15, 0.2) is 12.1 Å². The largest absolute Gasteiger partial charge is 0.242 e. The average Bonchev–Trinajstić information content (AvgIpc) is 2.07. The Labute approximate surface area is 64.1 Å². The Morgan fingerprint density at radius 1 is 1.30 bits per heavy atom. The van der Waals surface area contributed by atoms with Gasteiger partial charge in [-0.2, -0.15) is 0 Å². The summed E-state index contributed by atoms with van der Waals surface area (Å²) in [6.07, 6.45) is 0. The van der Waals surface area contributed by atoms with E-state index in [1.165, 1.54) is 5.75 Å². The van der Waals surface area contributed by atoms with Gasteiger partial charge in [-0.15, -0.1) is 10.2 Å². The number of halogens is 1. The van der Waals surface area contributed by atoms with Crippen LogP contribution in [0.2, 0.25) is 0 Å². The second-order valence-corrected chi connectivity index (χ2v) is 3.05. The molecule has 1 N–H and O–H groups in total. The summed E-state index contributed by atoms with van der Waals surface area (Å²) < 4.78 is 34.0. The Morgan fingerprint density at radius 2 is 1.80 bits per heavy atom. The predicted molar refractivity (Wildman–Crippen MR) is 24.4 cm³/mol. The van der Waals surface area contributed by atoms with Crippen molar-refractivity contribution in [1.29, 1.82) is 0 Å². The van der Waals surface area contributed by atoms with Crippen LogP contribution < -0.4 is 23.6 Å². The van der Waals surface area contributed by atoms with Crippen LogP contribution in [-0.4, -0.2) is 17.8 Å². The van der Waals surface area contributed by atoms with E-state index in [0.29, 0.717) is 0 Å². The molecule has 0 aromatic heterocycles. The first-order valence-electron chi connectivity index (χ1n) is 2.28. The lowest BCUT2D eigenvalue weighted by atomic mass is 10.8. The van der Waals surface area contributed by atoms with Gasteiger partial charge in [0.25, 0.3) is 0 Å². The van der Waals surface area contributed by atoms with Crippen molar-refractivity contribution in [2.75, 3.05) is 12.3 Å². The molecule has 0 amide bonds. The Balaban J connectivity index is 0.000000162. The smallest absolute Gasteiger partial charge is 0.196 e. The molecule has 1 aliphatic heterocycles. The fourth-order valence-corrected chi connectivity index (χ4v) is 0.884. The summed E-state index contributed by atoms with van der Waals surface area (Å²) in [5.74, 6) is 1.25. The van der Waals surface area contributed by atoms with Crippen molar-refractivity contribution in [1.82, 2.24) is 0 Å². The third kappa shape index (κ3) is 15.7. The van der Waals surface area contributed by atoms with Gasteiger partial charge in [-0.05, 0) is 0 Å². The highest BCUT2D eigenvalue weighted by Crippen LogP contribution is 1.88. The third-order valence-corrected chi connectivity index (χ3v) is 1.30. The maximum absolute atomic E-state index is 8.49. The highest BCUT2D eigenvalue weighted by atomic mass is 35.7. The number of rotatable bonds is 0. The number of nitrogens with one attached hydrogen (secondary N) is 1. The minimum atomic E-state index is -4.94. The lowest BCUT2D eigenvalue weighted by Crippen LogP contribution is -2.68. The van der Waals surface area contributed by atoms with Crippen LogP contribution in [0.25, 0.3) is 0 Å². The van der Waals surface area contributed by atoms with E-state index in [9.17, 15) is 0 Å². The standard InChI is InChI=1S/C3H5NS.ClHO4/c1-2-5-3-4-1;2-1(3,4)5/h3H,1-2H2;(H,2,3,4,5). The molecule has 1 aliphatic rings. The van der Waals surface area contributed by atoms with E-state index in [-0.39, 0.29) is 0 Å². The number of hydrogen-bond acceptors (Lipinski definition) is 5. The molecule has 60 valence electrons. The molecule has 0 atom stereocenters. The van der Waals surface area contributed by atoms with Gasteiger partial charge in [-0.1, -0.05) is 11.8 Å². The first-order valence-corrected chi connectivity index (χ1v) is 4.57. The van der Waals surface area contributed by atoms with Gasteiger partial charge in [0.1, 0.15) is 0 Å². The van der Waals surface area contributed by atoms with Crippen molar-refractivity contribution in [3.05, 3.63) is 0 Å². The third-order valence-electron chi connectivity index (χ3n) is 0.531. The van der Waals surface area contributed by atoms with Crippen LogP contribution in [0.3, 0.4) is 0 Å². The summed E-state index contributed by atoms with van der Waals surface area (Å²) in [4.78, 5) is 3.06. The average molecular weight is 188 g/mol. The van der Waals surface area contributed by atoms with E-state index in [2.05, 4.69) is 4.99 Å². The minimum absolute atomic E-state index is 1.16. The second kappa shape index (κ2) is 4.89. The Kier molecular flexibility index (Phi) is 4.96. The Hall–Kier alpha value is 0.150. The van der Waals surface area contributed by atoms with Crippen molar-refractivity contribution in [3.63, 3.8) is 0 Å². The summed E-state index contributed by atoms with van der Waals surface area (Å²) in [7, 11) is -4.94. The highest BCUT2D eigenvalue weighted by Gasteiger charge is 1.93. The molecule has 7 heteroatoms. The fraction of sp³-hybridized carbons (Fsp3) is 0.667. The lowest BCUT2D eigenvalue weighted by molar-refractivity contribution is -2.00. The Bertz CT molecular complexity index is 102. The first-order chi connectivity index (χ1) is 4.50. The van der Waals surface area contributed by atoms with Crippen LogP contribution in [0.4, 0.5) is 0 Å². The van der Waals surface area contributed by atoms with Gasteiger partial charge >= 0.3 is 0 Å². The summed E-state index contributed by atoms with van der Waals surface area (Å²) >= 11 is 1.84. The maximum atomic E-state index is 8.49. The molecule has 0 fully saturated rings. The molecule has 0 aromatic rings. The molecule has 5 nitrogen and oxygen atoms in total. The topological polar surface area (TPSA) is 106 Å².